The first-order valence-electron chi connectivity index (χ1n) is 2.63. The van der Waals surface area contributed by atoms with Gasteiger partial charge in [-0.05, 0) is 29.5 Å². The minimum Gasteiger partial charge on any atom is -0.245 e. The van der Waals surface area contributed by atoms with Crippen LogP contribution in [0.2, 0.25) is 0 Å². The van der Waals surface area contributed by atoms with Crippen molar-refractivity contribution in [1.82, 2.24) is 9.97 Å². The van der Waals surface area contributed by atoms with E-state index in [2.05, 4.69) is 32.6 Å². The third-order valence-electron chi connectivity index (χ3n) is 1.00. The Morgan fingerprint density at radius 3 is 2.90 bits per heavy atom. The zero-order chi connectivity index (χ0) is 7.56. The Bertz CT molecular complexity index is 290. The zero-order valence-corrected chi connectivity index (χ0v) is 7.45. The van der Waals surface area contributed by atoms with E-state index in [1.165, 1.54) is 6.20 Å². The molecule has 0 fully saturated rings. The average molecular weight is 245 g/mol. The fourth-order valence-electron chi connectivity index (χ4n) is 0.521. The monoisotopic (exact) mass is 245 g/mol. The van der Waals surface area contributed by atoms with Crippen molar-refractivity contribution >= 4 is 22.6 Å². The van der Waals surface area contributed by atoms with Crippen molar-refractivity contribution in [1.29, 1.82) is 5.26 Å². The van der Waals surface area contributed by atoms with Crippen LogP contribution in [0.5, 0.6) is 0 Å². The summed E-state index contributed by atoms with van der Waals surface area (Å²) in [4.78, 5) is 7.91. The van der Waals surface area contributed by atoms with Gasteiger partial charge >= 0.3 is 0 Å². The second-order valence-electron chi connectivity index (χ2n) is 1.74. The second kappa shape index (κ2) is 2.92. The van der Waals surface area contributed by atoms with Gasteiger partial charge < -0.3 is 0 Å². The van der Waals surface area contributed by atoms with E-state index >= 15 is 0 Å². The van der Waals surface area contributed by atoms with Crippen LogP contribution in [0.3, 0.4) is 0 Å². The maximum Gasteiger partial charge on any atom is 0.159 e. The Morgan fingerprint density at radius 1 is 1.70 bits per heavy atom. The van der Waals surface area contributed by atoms with Crippen LogP contribution in [0.15, 0.2) is 6.20 Å². The second-order valence-corrected chi connectivity index (χ2v) is 2.77. The highest BCUT2D eigenvalue weighted by Gasteiger charge is 1.97. The Hall–Kier alpha value is -0.700. The molecule has 0 aromatic carbocycles. The Balaban J connectivity index is 3.20. The number of hydrogen-bond acceptors (Lipinski definition) is 3. The molecule has 0 radical (unpaired) electrons. The van der Waals surface area contributed by atoms with Gasteiger partial charge in [-0.1, -0.05) is 0 Å². The predicted octanol–water partition coefficient (Wildman–Crippen LogP) is 1.26. The van der Waals surface area contributed by atoms with Gasteiger partial charge in [0.1, 0.15) is 9.77 Å². The van der Waals surface area contributed by atoms with Crippen molar-refractivity contribution in [2.75, 3.05) is 0 Å². The molecule has 0 atom stereocenters. The molecule has 0 saturated carbocycles. The molecule has 3 nitrogen and oxygen atoms in total. The molecule has 1 aromatic rings. The van der Waals surface area contributed by atoms with E-state index in [-0.39, 0.29) is 0 Å². The maximum absolute atomic E-state index is 8.40. The standard InChI is InChI=1S/C6H4IN3/c1-4-6(7)9-3-5(2-8)10-4/h3H,1H3. The molecule has 0 aliphatic carbocycles. The molecule has 10 heavy (non-hydrogen) atoms. The van der Waals surface area contributed by atoms with Crippen LogP contribution in [0, 0.1) is 22.0 Å². The molecular weight excluding hydrogens is 241 g/mol. The molecule has 0 unspecified atom stereocenters. The van der Waals surface area contributed by atoms with Gasteiger partial charge in [-0.2, -0.15) is 5.26 Å². The van der Waals surface area contributed by atoms with Crippen molar-refractivity contribution in [3.63, 3.8) is 0 Å². The first-order chi connectivity index (χ1) is 4.74. The molecule has 0 N–H and O–H groups in total. The van der Waals surface area contributed by atoms with Crippen LogP contribution in [-0.2, 0) is 0 Å². The lowest BCUT2D eigenvalue weighted by Gasteiger charge is -1.93. The molecule has 0 spiro atoms. The van der Waals surface area contributed by atoms with Crippen molar-refractivity contribution in [2.45, 2.75) is 6.92 Å². The first-order valence-corrected chi connectivity index (χ1v) is 3.71. The molecular formula is C6H4IN3. The number of aryl methyl sites for hydroxylation is 1. The summed E-state index contributed by atoms with van der Waals surface area (Å²) in [6, 6.07) is 1.92. The van der Waals surface area contributed by atoms with Crippen LogP contribution in [0.1, 0.15) is 11.4 Å². The maximum atomic E-state index is 8.40. The normalized spacial score (nSPS) is 8.90. The smallest absolute Gasteiger partial charge is 0.159 e. The lowest BCUT2D eigenvalue weighted by molar-refractivity contribution is 1.06. The lowest BCUT2D eigenvalue weighted by atomic mass is 10.4. The van der Waals surface area contributed by atoms with E-state index in [1.807, 2.05) is 13.0 Å². The van der Waals surface area contributed by atoms with E-state index in [9.17, 15) is 0 Å². The van der Waals surface area contributed by atoms with Gasteiger partial charge in [-0.15, -0.1) is 0 Å². The van der Waals surface area contributed by atoms with E-state index in [4.69, 9.17) is 5.26 Å². The summed E-state index contributed by atoms with van der Waals surface area (Å²) in [6.45, 7) is 1.83. The first kappa shape index (κ1) is 7.41. The number of nitrogens with zero attached hydrogens (tertiary/aromatic N) is 3. The topological polar surface area (TPSA) is 49.6 Å². The van der Waals surface area contributed by atoms with Gasteiger partial charge in [0.15, 0.2) is 5.69 Å². The van der Waals surface area contributed by atoms with Crippen LogP contribution < -0.4 is 0 Å². The Kier molecular flexibility index (Phi) is 2.17. The highest BCUT2D eigenvalue weighted by atomic mass is 127. The van der Waals surface area contributed by atoms with E-state index in [0.717, 1.165) is 9.39 Å². The van der Waals surface area contributed by atoms with Gasteiger partial charge in [0.25, 0.3) is 0 Å². The average Bonchev–Trinajstić information content (AvgIpc) is 1.95. The van der Waals surface area contributed by atoms with E-state index < -0.39 is 0 Å². The molecule has 1 aromatic heterocycles. The summed E-state index contributed by atoms with van der Waals surface area (Å²) in [6.07, 6.45) is 1.47. The van der Waals surface area contributed by atoms with Crippen LogP contribution in [0.4, 0.5) is 0 Å². The summed E-state index contributed by atoms with van der Waals surface area (Å²) < 4.78 is 0.844. The van der Waals surface area contributed by atoms with Crippen molar-refractivity contribution < 1.29 is 0 Å². The molecule has 0 bridgehead atoms. The number of nitriles is 1. The minimum atomic E-state index is 0.373. The van der Waals surface area contributed by atoms with Crippen LogP contribution in [-0.4, -0.2) is 9.97 Å². The molecule has 50 valence electrons. The molecule has 1 rings (SSSR count). The van der Waals surface area contributed by atoms with Crippen molar-refractivity contribution in [3.8, 4) is 6.07 Å². The molecule has 1 heterocycles. The molecule has 4 heteroatoms. The SMILES string of the molecule is Cc1nc(C#N)cnc1I. The van der Waals surface area contributed by atoms with Crippen molar-refractivity contribution in [2.24, 2.45) is 0 Å². The summed E-state index contributed by atoms with van der Waals surface area (Å²) in [5.41, 5.74) is 1.18. The fraction of sp³-hybridized carbons (Fsp3) is 0.167. The van der Waals surface area contributed by atoms with Gasteiger partial charge in [-0.3, -0.25) is 0 Å². The number of rotatable bonds is 0. The van der Waals surface area contributed by atoms with Crippen LogP contribution in [0.25, 0.3) is 0 Å². The molecule has 0 saturated heterocycles. The van der Waals surface area contributed by atoms with Gasteiger partial charge in [0, 0.05) is 0 Å². The Morgan fingerprint density at radius 2 is 2.40 bits per heavy atom. The highest BCUT2D eigenvalue weighted by molar-refractivity contribution is 14.1. The van der Waals surface area contributed by atoms with Crippen LogP contribution >= 0.6 is 22.6 Å². The summed E-state index contributed by atoms with van der Waals surface area (Å²) >= 11 is 2.07. The number of halogens is 1. The van der Waals surface area contributed by atoms with Crippen molar-refractivity contribution in [3.05, 3.63) is 21.3 Å². The van der Waals surface area contributed by atoms with Gasteiger partial charge in [0.2, 0.25) is 0 Å². The number of aromatic nitrogens is 2. The zero-order valence-electron chi connectivity index (χ0n) is 5.30. The lowest BCUT2D eigenvalue weighted by Crippen LogP contribution is -1.93. The summed E-state index contributed by atoms with van der Waals surface area (Å²) in [7, 11) is 0. The molecule has 0 aliphatic rings. The van der Waals surface area contributed by atoms with Gasteiger partial charge in [-0.25, -0.2) is 9.97 Å². The molecule has 0 aliphatic heterocycles. The quantitative estimate of drug-likeness (QED) is 0.646. The summed E-state index contributed by atoms with van der Waals surface area (Å²) in [5, 5.41) is 8.40. The van der Waals surface area contributed by atoms with Gasteiger partial charge in [0.05, 0.1) is 11.9 Å². The highest BCUT2D eigenvalue weighted by Crippen LogP contribution is 2.04. The molecule has 0 amide bonds. The number of hydrogen-bond donors (Lipinski definition) is 0. The predicted molar refractivity (Wildman–Crippen MR) is 44.2 cm³/mol. The third kappa shape index (κ3) is 1.42. The summed E-state index contributed by atoms with van der Waals surface area (Å²) in [5.74, 6) is 0. The largest absolute Gasteiger partial charge is 0.245 e. The Labute approximate surface area is 72.3 Å². The third-order valence-corrected chi connectivity index (χ3v) is 2.06. The van der Waals surface area contributed by atoms with E-state index in [0.29, 0.717) is 5.69 Å². The minimum absolute atomic E-state index is 0.373. The fourth-order valence-corrected chi connectivity index (χ4v) is 0.781. The van der Waals surface area contributed by atoms with E-state index in [1.54, 1.807) is 0 Å².